The molecule has 1 heterocycles. The van der Waals surface area contributed by atoms with Gasteiger partial charge in [0.2, 0.25) is 0 Å². The zero-order valence-corrected chi connectivity index (χ0v) is 10.6. The zero-order chi connectivity index (χ0) is 13.8. The minimum atomic E-state index is -0.980. The number of carboxylic acid groups (broad SMARTS) is 1. The Hall–Kier alpha value is -2.25. The van der Waals surface area contributed by atoms with Gasteiger partial charge in [-0.25, -0.2) is 4.79 Å². The van der Waals surface area contributed by atoms with Crippen molar-refractivity contribution in [3.63, 3.8) is 0 Å². The first kappa shape index (κ1) is 13.2. The maximum Gasteiger partial charge on any atom is 0.339 e. The second-order valence-electron chi connectivity index (χ2n) is 4.39. The van der Waals surface area contributed by atoms with E-state index >= 15 is 0 Å². The number of benzene rings is 1. The van der Waals surface area contributed by atoms with Crippen molar-refractivity contribution < 1.29 is 14.3 Å². The van der Waals surface area contributed by atoms with Crippen LogP contribution in [-0.4, -0.2) is 17.1 Å². The lowest BCUT2D eigenvalue weighted by molar-refractivity contribution is 0.0696. The number of furan rings is 1. The molecule has 2 aromatic rings. The highest BCUT2D eigenvalue weighted by atomic mass is 16.4. The predicted octanol–water partition coefficient (Wildman–Crippen LogP) is 2.63. The van der Waals surface area contributed by atoms with Gasteiger partial charge >= 0.3 is 5.97 Å². The Morgan fingerprint density at radius 1 is 1.53 bits per heavy atom. The Kier molecular flexibility index (Phi) is 3.88. The maximum absolute atomic E-state index is 11.3. The smallest absolute Gasteiger partial charge is 0.339 e. The molecule has 4 nitrogen and oxygen atoms in total. The number of rotatable bonds is 5. The third-order valence-electron chi connectivity index (χ3n) is 2.92. The summed E-state index contributed by atoms with van der Waals surface area (Å²) in [5, 5.41) is 13.1. The van der Waals surface area contributed by atoms with Gasteiger partial charge < -0.3 is 14.8 Å². The first-order chi connectivity index (χ1) is 9.13. The quantitative estimate of drug-likeness (QED) is 0.808. The Morgan fingerprint density at radius 2 is 2.26 bits per heavy atom. The summed E-state index contributed by atoms with van der Waals surface area (Å²) >= 11 is 0. The number of nitrogens with one attached hydrogen (secondary N) is 1. The lowest BCUT2D eigenvalue weighted by atomic mass is 10.1. The first-order valence-electron chi connectivity index (χ1n) is 6.04. The van der Waals surface area contributed by atoms with E-state index in [1.54, 1.807) is 18.2 Å². The summed E-state index contributed by atoms with van der Waals surface area (Å²) < 4.78 is 5.59. The van der Waals surface area contributed by atoms with Crippen molar-refractivity contribution in [1.82, 2.24) is 5.32 Å². The van der Waals surface area contributed by atoms with E-state index in [-0.39, 0.29) is 11.6 Å². The van der Waals surface area contributed by atoms with Crippen LogP contribution >= 0.6 is 0 Å². The fourth-order valence-corrected chi connectivity index (χ4v) is 1.97. The number of aromatic carboxylic acids is 1. The topological polar surface area (TPSA) is 62.5 Å². The zero-order valence-electron chi connectivity index (χ0n) is 10.6. The van der Waals surface area contributed by atoms with Crippen LogP contribution < -0.4 is 5.32 Å². The third kappa shape index (κ3) is 2.78. The summed E-state index contributed by atoms with van der Waals surface area (Å²) in [6.45, 7) is 2.29. The normalized spacial score (nSPS) is 12.2. The van der Waals surface area contributed by atoms with Crippen LogP contribution in [0, 0.1) is 12.3 Å². The van der Waals surface area contributed by atoms with Gasteiger partial charge in [0.05, 0.1) is 6.54 Å². The minimum absolute atomic E-state index is 0.111. The number of terminal acetylenes is 1. The van der Waals surface area contributed by atoms with E-state index in [2.05, 4.69) is 11.2 Å². The predicted molar refractivity (Wildman–Crippen MR) is 72.9 cm³/mol. The first-order valence-corrected chi connectivity index (χ1v) is 6.04. The van der Waals surface area contributed by atoms with Gasteiger partial charge in [0, 0.05) is 17.8 Å². The summed E-state index contributed by atoms with van der Waals surface area (Å²) in [4.78, 5) is 11.3. The van der Waals surface area contributed by atoms with Gasteiger partial charge in [-0.05, 0) is 13.0 Å². The second kappa shape index (κ2) is 5.59. The molecular formula is C15H15NO3. The highest BCUT2D eigenvalue weighted by molar-refractivity contribution is 6.03. The number of hydrogen-bond acceptors (Lipinski definition) is 3. The summed E-state index contributed by atoms with van der Waals surface area (Å²) in [5.41, 5.74) is 0.803. The molecule has 0 saturated heterocycles. The summed E-state index contributed by atoms with van der Waals surface area (Å²) in [6, 6.07) is 7.23. The fraction of sp³-hybridized carbons (Fsp3) is 0.267. The van der Waals surface area contributed by atoms with Crippen molar-refractivity contribution in [2.75, 3.05) is 0 Å². The van der Waals surface area contributed by atoms with Gasteiger partial charge in [0.25, 0.3) is 0 Å². The molecule has 2 N–H and O–H groups in total. The number of fused-ring (bicyclic) bond motifs is 1. The number of para-hydroxylation sites is 1. The van der Waals surface area contributed by atoms with Crippen molar-refractivity contribution in [1.29, 1.82) is 0 Å². The average Bonchev–Trinajstić information content (AvgIpc) is 2.75. The molecule has 1 aromatic carbocycles. The fourth-order valence-electron chi connectivity index (χ4n) is 1.97. The Balaban J connectivity index is 2.30. The summed E-state index contributed by atoms with van der Waals surface area (Å²) in [7, 11) is 0. The van der Waals surface area contributed by atoms with Crippen LogP contribution in [0.1, 0.15) is 29.5 Å². The average molecular weight is 257 g/mol. The molecule has 1 unspecified atom stereocenters. The molecule has 0 bridgehead atoms. The Morgan fingerprint density at radius 3 is 2.95 bits per heavy atom. The van der Waals surface area contributed by atoms with E-state index in [1.807, 2.05) is 13.0 Å². The van der Waals surface area contributed by atoms with Crippen LogP contribution in [0.5, 0.6) is 0 Å². The molecule has 0 spiro atoms. The largest absolute Gasteiger partial charge is 0.478 e. The number of carbonyl (C=O) groups is 1. The van der Waals surface area contributed by atoms with Crippen molar-refractivity contribution in [2.24, 2.45) is 0 Å². The lowest BCUT2D eigenvalue weighted by Gasteiger charge is -2.09. The van der Waals surface area contributed by atoms with Gasteiger partial charge in [-0.1, -0.05) is 18.2 Å². The number of hydrogen-bond donors (Lipinski definition) is 2. The monoisotopic (exact) mass is 257 g/mol. The second-order valence-corrected chi connectivity index (χ2v) is 4.39. The SMILES string of the molecule is C#CCC(C)NCc1oc2ccccc2c1C(=O)O. The molecule has 4 heteroatoms. The van der Waals surface area contributed by atoms with E-state index in [0.717, 1.165) is 0 Å². The molecule has 0 aliphatic carbocycles. The van der Waals surface area contributed by atoms with Gasteiger partial charge in [-0.15, -0.1) is 12.3 Å². The molecule has 2 rings (SSSR count). The van der Waals surface area contributed by atoms with Crippen LogP contribution in [0.25, 0.3) is 11.0 Å². The molecule has 0 amide bonds. The molecule has 0 fully saturated rings. The molecule has 0 saturated carbocycles. The van der Waals surface area contributed by atoms with E-state index in [9.17, 15) is 9.90 Å². The molecular weight excluding hydrogens is 242 g/mol. The Bertz CT molecular complexity index is 636. The van der Waals surface area contributed by atoms with E-state index < -0.39 is 5.97 Å². The molecule has 0 aliphatic rings. The summed E-state index contributed by atoms with van der Waals surface area (Å²) in [6.07, 6.45) is 5.82. The molecule has 19 heavy (non-hydrogen) atoms. The molecule has 0 aliphatic heterocycles. The standard InChI is InChI=1S/C15H15NO3/c1-3-6-10(2)16-9-13-14(15(17)18)11-7-4-5-8-12(11)19-13/h1,4-5,7-8,10,16H,6,9H2,2H3,(H,17,18). The molecule has 1 atom stereocenters. The summed E-state index contributed by atoms with van der Waals surface area (Å²) in [5.74, 6) is 2.01. The van der Waals surface area contributed by atoms with Crippen LogP contribution in [-0.2, 0) is 6.54 Å². The van der Waals surface area contributed by atoms with E-state index in [0.29, 0.717) is 29.7 Å². The van der Waals surface area contributed by atoms with Gasteiger partial charge in [0.15, 0.2) is 0 Å². The van der Waals surface area contributed by atoms with Gasteiger partial charge in [0.1, 0.15) is 16.9 Å². The van der Waals surface area contributed by atoms with E-state index in [1.165, 1.54) is 0 Å². The van der Waals surface area contributed by atoms with Crippen LogP contribution in [0.15, 0.2) is 28.7 Å². The lowest BCUT2D eigenvalue weighted by Crippen LogP contribution is -2.25. The third-order valence-corrected chi connectivity index (χ3v) is 2.92. The molecule has 98 valence electrons. The highest BCUT2D eigenvalue weighted by Gasteiger charge is 2.19. The van der Waals surface area contributed by atoms with Gasteiger partial charge in [-0.3, -0.25) is 0 Å². The van der Waals surface area contributed by atoms with Crippen molar-refractivity contribution in [3.05, 3.63) is 35.6 Å². The van der Waals surface area contributed by atoms with Crippen molar-refractivity contribution in [2.45, 2.75) is 25.9 Å². The van der Waals surface area contributed by atoms with Crippen molar-refractivity contribution in [3.8, 4) is 12.3 Å². The number of carboxylic acids is 1. The Labute approximate surface area is 111 Å². The van der Waals surface area contributed by atoms with Crippen molar-refractivity contribution >= 4 is 16.9 Å². The molecule has 1 aromatic heterocycles. The maximum atomic E-state index is 11.3. The van der Waals surface area contributed by atoms with Crippen LogP contribution in [0.2, 0.25) is 0 Å². The van der Waals surface area contributed by atoms with Gasteiger partial charge in [-0.2, -0.15) is 0 Å². The van der Waals surface area contributed by atoms with Crippen LogP contribution in [0.4, 0.5) is 0 Å². The van der Waals surface area contributed by atoms with Crippen LogP contribution in [0.3, 0.4) is 0 Å². The molecule has 0 radical (unpaired) electrons. The minimum Gasteiger partial charge on any atom is -0.478 e. The van der Waals surface area contributed by atoms with E-state index in [4.69, 9.17) is 10.8 Å². The highest BCUT2D eigenvalue weighted by Crippen LogP contribution is 2.25.